The van der Waals surface area contributed by atoms with Crippen LogP contribution in [0.25, 0.3) is 0 Å². The number of ether oxygens (including phenoxy) is 1. The standard InChI is InChI=1S/C16H22N2O2/c1-2-20-16(19)12-5-8-15(14(17)9-12)18(13-6-7-13)10-11-3-4-11/h5,8-9,11,13H,2-4,6-7,10,17H2,1H3. The number of anilines is 2. The Bertz CT molecular complexity index is 507. The maximum Gasteiger partial charge on any atom is 0.338 e. The molecule has 0 bridgehead atoms. The van der Waals surface area contributed by atoms with Crippen molar-refractivity contribution in [1.29, 1.82) is 0 Å². The third-order valence-electron chi connectivity index (χ3n) is 3.99. The predicted molar refractivity (Wildman–Crippen MR) is 79.9 cm³/mol. The van der Waals surface area contributed by atoms with Crippen LogP contribution in [0.4, 0.5) is 11.4 Å². The number of carbonyl (C=O) groups is 1. The molecular weight excluding hydrogens is 252 g/mol. The molecule has 4 nitrogen and oxygen atoms in total. The summed E-state index contributed by atoms with van der Waals surface area (Å²) in [6, 6.07) is 6.19. The number of nitrogens with two attached hydrogens (primary N) is 1. The molecule has 0 aliphatic heterocycles. The van der Waals surface area contributed by atoms with Crippen molar-refractivity contribution in [2.75, 3.05) is 23.8 Å². The Kier molecular flexibility index (Phi) is 3.55. The van der Waals surface area contributed by atoms with Gasteiger partial charge >= 0.3 is 5.97 Å². The van der Waals surface area contributed by atoms with Gasteiger partial charge in [0.1, 0.15) is 0 Å². The van der Waals surface area contributed by atoms with Crippen LogP contribution < -0.4 is 10.6 Å². The van der Waals surface area contributed by atoms with E-state index in [0.717, 1.165) is 18.2 Å². The van der Waals surface area contributed by atoms with E-state index in [1.54, 1.807) is 13.0 Å². The number of hydrogen-bond acceptors (Lipinski definition) is 4. The molecule has 0 saturated heterocycles. The summed E-state index contributed by atoms with van der Waals surface area (Å²) in [5.41, 5.74) is 8.47. The lowest BCUT2D eigenvalue weighted by atomic mass is 10.1. The first-order chi connectivity index (χ1) is 9.69. The summed E-state index contributed by atoms with van der Waals surface area (Å²) in [6.45, 7) is 3.30. The first-order valence-corrected chi connectivity index (χ1v) is 7.52. The van der Waals surface area contributed by atoms with Crippen molar-refractivity contribution in [1.82, 2.24) is 0 Å². The normalized spacial score (nSPS) is 17.9. The van der Waals surface area contributed by atoms with E-state index in [1.807, 2.05) is 12.1 Å². The Hall–Kier alpha value is -1.71. The fourth-order valence-electron chi connectivity index (χ4n) is 2.57. The maximum atomic E-state index is 11.7. The van der Waals surface area contributed by atoms with Crippen molar-refractivity contribution in [3.05, 3.63) is 23.8 Å². The van der Waals surface area contributed by atoms with Crippen molar-refractivity contribution < 1.29 is 9.53 Å². The molecule has 2 N–H and O–H groups in total. The lowest BCUT2D eigenvalue weighted by Crippen LogP contribution is -2.28. The highest BCUT2D eigenvalue weighted by Gasteiger charge is 2.34. The Balaban J connectivity index is 1.79. The van der Waals surface area contributed by atoms with Gasteiger partial charge in [0.2, 0.25) is 0 Å². The summed E-state index contributed by atoms with van der Waals surface area (Å²) in [5.74, 6) is 0.533. The predicted octanol–water partition coefficient (Wildman–Crippen LogP) is 2.82. The van der Waals surface area contributed by atoms with Gasteiger partial charge in [-0.3, -0.25) is 0 Å². The number of benzene rings is 1. The third kappa shape index (κ3) is 2.89. The largest absolute Gasteiger partial charge is 0.462 e. The minimum atomic E-state index is -0.300. The lowest BCUT2D eigenvalue weighted by molar-refractivity contribution is 0.0526. The lowest BCUT2D eigenvalue weighted by Gasteiger charge is -2.26. The molecule has 20 heavy (non-hydrogen) atoms. The van der Waals surface area contributed by atoms with E-state index >= 15 is 0 Å². The van der Waals surface area contributed by atoms with Gasteiger partial charge in [-0.2, -0.15) is 0 Å². The average molecular weight is 274 g/mol. The van der Waals surface area contributed by atoms with Crippen molar-refractivity contribution in [2.45, 2.75) is 38.6 Å². The maximum absolute atomic E-state index is 11.7. The molecule has 108 valence electrons. The number of carbonyl (C=O) groups excluding carboxylic acids is 1. The monoisotopic (exact) mass is 274 g/mol. The van der Waals surface area contributed by atoms with E-state index < -0.39 is 0 Å². The van der Waals surface area contributed by atoms with Gasteiger partial charge < -0.3 is 15.4 Å². The molecule has 2 saturated carbocycles. The molecule has 4 heteroatoms. The zero-order valence-electron chi connectivity index (χ0n) is 12.0. The van der Waals surface area contributed by atoms with Crippen molar-refractivity contribution >= 4 is 17.3 Å². The Morgan fingerprint density at radius 3 is 2.65 bits per heavy atom. The quantitative estimate of drug-likeness (QED) is 0.640. The summed E-state index contributed by atoms with van der Waals surface area (Å²) in [6.07, 6.45) is 5.19. The van der Waals surface area contributed by atoms with E-state index in [9.17, 15) is 4.79 Å². The fourth-order valence-corrected chi connectivity index (χ4v) is 2.57. The molecule has 0 unspecified atom stereocenters. The molecule has 1 aromatic carbocycles. The summed E-state index contributed by atoms with van der Waals surface area (Å²) in [4.78, 5) is 14.2. The van der Waals surface area contributed by atoms with E-state index in [0.29, 0.717) is 23.9 Å². The second kappa shape index (κ2) is 5.35. The van der Waals surface area contributed by atoms with Crippen LogP contribution in [-0.2, 0) is 4.74 Å². The van der Waals surface area contributed by atoms with Crippen LogP contribution in [0.1, 0.15) is 43.0 Å². The van der Waals surface area contributed by atoms with Crippen molar-refractivity contribution in [2.24, 2.45) is 5.92 Å². The molecule has 1 aromatic rings. The highest BCUT2D eigenvalue weighted by Crippen LogP contribution is 2.39. The highest BCUT2D eigenvalue weighted by atomic mass is 16.5. The van der Waals surface area contributed by atoms with E-state index in [2.05, 4.69) is 4.90 Å². The molecule has 0 heterocycles. The Morgan fingerprint density at radius 2 is 2.10 bits per heavy atom. The van der Waals surface area contributed by atoms with Gasteiger partial charge in [0.05, 0.1) is 23.5 Å². The summed E-state index contributed by atoms with van der Waals surface area (Å²) in [7, 11) is 0. The molecule has 2 aliphatic rings. The van der Waals surface area contributed by atoms with Gasteiger partial charge in [-0.25, -0.2) is 4.79 Å². The van der Waals surface area contributed by atoms with Crippen LogP contribution in [0.15, 0.2) is 18.2 Å². The molecule has 2 fully saturated rings. The van der Waals surface area contributed by atoms with Gasteiger partial charge in [-0.1, -0.05) is 0 Å². The van der Waals surface area contributed by atoms with Crippen LogP contribution in [0.5, 0.6) is 0 Å². The average Bonchev–Trinajstić information content (AvgIpc) is 3.29. The topological polar surface area (TPSA) is 55.6 Å². The number of hydrogen-bond donors (Lipinski definition) is 1. The van der Waals surface area contributed by atoms with E-state index in [4.69, 9.17) is 10.5 Å². The Morgan fingerprint density at radius 1 is 1.35 bits per heavy atom. The number of nitrogen functional groups attached to an aromatic ring is 1. The number of esters is 1. The van der Waals surface area contributed by atoms with Gasteiger partial charge in [0.25, 0.3) is 0 Å². The van der Waals surface area contributed by atoms with Gasteiger partial charge in [0, 0.05) is 12.6 Å². The van der Waals surface area contributed by atoms with Crippen molar-refractivity contribution in [3.8, 4) is 0 Å². The summed E-state index contributed by atoms with van der Waals surface area (Å²) >= 11 is 0. The van der Waals surface area contributed by atoms with Gasteiger partial charge in [0.15, 0.2) is 0 Å². The second-order valence-corrected chi connectivity index (χ2v) is 5.82. The third-order valence-corrected chi connectivity index (χ3v) is 3.99. The Labute approximate surface area is 119 Å². The van der Waals surface area contributed by atoms with Gasteiger partial charge in [-0.05, 0) is 56.7 Å². The van der Waals surface area contributed by atoms with Crippen LogP contribution in [0.2, 0.25) is 0 Å². The van der Waals surface area contributed by atoms with Crippen LogP contribution in [-0.4, -0.2) is 25.2 Å². The smallest absolute Gasteiger partial charge is 0.338 e. The zero-order valence-corrected chi connectivity index (χ0v) is 12.0. The summed E-state index contributed by atoms with van der Waals surface area (Å²) < 4.78 is 5.01. The van der Waals surface area contributed by atoms with E-state index in [-0.39, 0.29) is 5.97 Å². The fraction of sp³-hybridized carbons (Fsp3) is 0.562. The van der Waals surface area contributed by atoms with Crippen LogP contribution >= 0.6 is 0 Å². The molecule has 0 amide bonds. The van der Waals surface area contributed by atoms with Crippen molar-refractivity contribution in [3.63, 3.8) is 0 Å². The SMILES string of the molecule is CCOC(=O)c1ccc(N(CC2CC2)C2CC2)c(N)c1. The molecule has 0 aromatic heterocycles. The highest BCUT2D eigenvalue weighted by molar-refractivity contribution is 5.92. The molecule has 3 rings (SSSR count). The number of nitrogens with zero attached hydrogens (tertiary/aromatic N) is 1. The minimum absolute atomic E-state index is 0.300. The molecular formula is C16H22N2O2. The minimum Gasteiger partial charge on any atom is -0.462 e. The van der Waals surface area contributed by atoms with Crippen LogP contribution in [0, 0.1) is 5.92 Å². The molecule has 0 spiro atoms. The molecule has 0 radical (unpaired) electrons. The number of rotatable bonds is 6. The molecule has 2 aliphatic carbocycles. The van der Waals surface area contributed by atoms with Gasteiger partial charge in [-0.15, -0.1) is 0 Å². The molecule has 0 atom stereocenters. The first kappa shape index (κ1) is 13.3. The van der Waals surface area contributed by atoms with Crippen LogP contribution in [0.3, 0.4) is 0 Å². The zero-order chi connectivity index (χ0) is 14.1. The van der Waals surface area contributed by atoms with E-state index in [1.165, 1.54) is 25.7 Å². The first-order valence-electron chi connectivity index (χ1n) is 7.52. The second-order valence-electron chi connectivity index (χ2n) is 5.82. The summed E-state index contributed by atoms with van der Waals surface area (Å²) in [5, 5.41) is 0.